The van der Waals surface area contributed by atoms with Crippen LogP contribution >= 0.6 is 22.7 Å². The van der Waals surface area contributed by atoms with Gasteiger partial charge in [0.25, 0.3) is 0 Å². The maximum Gasteiger partial charge on any atom is 0.120 e. The molecule has 3 aromatic rings. The van der Waals surface area contributed by atoms with Gasteiger partial charge in [-0.15, -0.1) is 22.7 Å². The fourth-order valence-electron chi connectivity index (χ4n) is 1.68. The number of thiophene rings is 2. The maximum atomic E-state index is 5.23. The lowest BCUT2D eigenvalue weighted by atomic mass is 10.2. The molecule has 0 aliphatic rings. The summed E-state index contributed by atoms with van der Waals surface area (Å²) >= 11 is 3.60. The van der Waals surface area contributed by atoms with Crippen molar-refractivity contribution in [1.82, 2.24) is 0 Å². The molecule has 0 saturated heterocycles. The van der Waals surface area contributed by atoms with Crippen LogP contribution < -0.4 is 4.74 Å². The van der Waals surface area contributed by atoms with Crippen LogP contribution in [0.4, 0.5) is 0 Å². The molecule has 0 amide bonds. The number of fused-ring (bicyclic) bond motifs is 1. The molecule has 0 saturated carbocycles. The molecule has 80 valence electrons. The Labute approximate surface area is 102 Å². The summed E-state index contributed by atoms with van der Waals surface area (Å²) in [5.74, 6) is 0.923. The van der Waals surface area contributed by atoms with Gasteiger partial charge in [0.1, 0.15) is 5.75 Å². The molecule has 0 aliphatic heterocycles. The highest BCUT2D eigenvalue weighted by Gasteiger charge is 2.05. The monoisotopic (exact) mass is 246 g/mol. The van der Waals surface area contributed by atoms with E-state index < -0.39 is 0 Å². The van der Waals surface area contributed by atoms with E-state index in [9.17, 15) is 0 Å². The molecule has 0 N–H and O–H groups in total. The largest absolute Gasteiger partial charge is 0.497 e. The van der Waals surface area contributed by atoms with Crippen molar-refractivity contribution in [2.45, 2.75) is 0 Å². The molecule has 0 spiro atoms. The fraction of sp³-hybridized carbons (Fsp3) is 0.0769. The second-order valence-corrected chi connectivity index (χ2v) is 5.52. The molecule has 0 unspecified atom stereocenters. The molecule has 2 aromatic heterocycles. The van der Waals surface area contributed by atoms with E-state index in [0.717, 1.165) is 5.75 Å². The van der Waals surface area contributed by atoms with Gasteiger partial charge in [-0.05, 0) is 41.1 Å². The molecule has 0 fully saturated rings. The summed E-state index contributed by atoms with van der Waals surface area (Å²) in [4.78, 5) is 2.67. The minimum atomic E-state index is 0.923. The molecule has 0 bridgehead atoms. The second-order valence-electron chi connectivity index (χ2n) is 3.49. The van der Waals surface area contributed by atoms with Crippen molar-refractivity contribution in [2.24, 2.45) is 0 Å². The van der Waals surface area contributed by atoms with Crippen LogP contribution in [-0.4, -0.2) is 7.11 Å². The fourth-order valence-corrected chi connectivity index (χ4v) is 3.60. The van der Waals surface area contributed by atoms with Crippen molar-refractivity contribution < 1.29 is 4.74 Å². The molecule has 1 nitrogen and oxygen atoms in total. The lowest BCUT2D eigenvalue weighted by Crippen LogP contribution is -1.79. The number of benzene rings is 1. The predicted octanol–water partition coefficient (Wildman–Crippen LogP) is 4.64. The van der Waals surface area contributed by atoms with E-state index in [1.165, 1.54) is 19.8 Å². The van der Waals surface area contributed by atoms with Gasteiger partial charge in [0.2, 0.25) is 0 Å². The molecule has 3 rings (SSSR count). The summed E-state index contributed by atoms with van der Waals surface area (Å²) in [6, 6.07) is 12.7. The van der Waals surface area contributed by atoms with Crippen molar-refractivity contribution in [1.29, 1.82) is 0 Å². The van der Waals surface area contributed by atoms with Crippen molar-refractivity contribution in [3.63, 3.8) is 0 Å². The van der Waals surface area contributed by atoms with Crippen LogP contribution in [0.15, 0.2) is 41.8 Å². The van der Waals surface area contributed by atoms with E-state index in [-0.39, 0.29) is 0 Å². The van der Waals surface area contributed by atoms with Gasteiger partial charge in [-0.25, -0.2) is 0 Å². The van der Waals surface area contributed by atoms with Crippen LogP contribution in [0.2, 0.25) is 0 Å². The molecule has 0 radical (unpaired) electrons. The lowest BCUT2D eigenvalue weighted by molar-refractivity contribution is 0.415. The van der Waals surface area contributed by atoms with Gasteiger partial charge < -0.3 is 4.74 Å². The summed E-state index contributed by atoms with van der Waals surface area (Å²) in [5, 5.41) is 3.40. The quantitative estimate of drug-likeness (QED) is 0.640. The number of rotatable bonds is 2. The van der Waals surface area contributed by atoms with E-state index in [1.54, 1.807) is 18.4 Å². The van der Waals surface area contributed by atoms with Gasteiger partial charge in [0.05, 0.1) is 7.11 Å². The maximum absolute atomic E-state index is 5.23. The molecular weight excluding hydrogens is 236 g/mol. The van der Waals surface area contributed by atoms with Crippen LogP contribution in [0.25, 0.3) is 19.8 Å². The zero-order valence-electron chi connectivity index (χ0n) is 8.77. The normalized spacial score (nSPS) is 10.8. The highest BCUT2D eigenvalue weighted by atomic mass is 32.1. The average molecular weight is 246 g/mol. The van der Waals surface area contributed by atoms with Crippen molar-refractivity contribution in [3.8, 4) is 15.5 Å². The SMILES string of the molecule is COc1ccc2cc(-c3cccs3)sc2c1. The van der Waals surface area contributed by atoms with Gasteiger partial charge in [0, 0.05) is 14.5 Å². The Morgan fingerprint density at radius 1 is 1.06 bits per heavy atom. The average Bonchev–Trinajstić information content (AvgIpc) is 2.96. The first-order valence-electron chi connectivity index (χ1n) is 4.98. The summed E-state index contributed by atoms with van der Waals surface area (Å²) in [6.45, 7) is 0. The Balaban J connectivity index is 2.16. The van der Waals surface area contributed by atoms with E-state index in [0.29, 0.717) is 0 Å². The number of methoxy groups -OCH3 is 1. The van der Waals surface area contributed by atoms with Gasteiger partial charge in [0.15, 0.2) is 0 Å². The standard InChI is InChI=1S/C13H10OS2/c1-14-10-5-4-9-7-13(16-12(9)8-10)11-3-2-6-15-11/h2-8H,1H3. The first-order valence-corrected chi connectivity index (χ1v) is 6.68. The Morgan fingerprint density at radius 3 is 2.75 bits per heavy atom. The summed E-state index contributed by atoms with van der Waals surface area (Å²) in [5.41, 5.74) is 0. The number of hydrogen-bond donors (Lipinski definition) is 0. The molecular formula is C13H10OS2. The minimum Gasteiger partial charge on any atom is -0.497 e. The Hall–Kier alpha value is -1.32. The van der Waals surface area contributed by atoms with Crippen LogP contribution in [0.3, 0.4) is 0 Å². The van der Waals surface area contributed by atoms with Crippen LogP contribution in [-0.2, 0) is 0 Å². The van der Waals surface area contributed by atoms with Crippen LogP contribution in [0, 0.1) is 0 Å². The highest BCUT2D eigenvalue weighted by molar-refractivity contribution is 7.25. The first kappa shape index (κ1) is 9.87. The highest BCUT2D eigenvalue weighted by Crippen LogP contribution is 2.37. The van der Waals surface area contributed by atoms with Crippen molar-refractivity contribution in [2.75, 3.05) is 7.11 Å². The summed E-state index contributed by atoms with van der Waals surface area (Å²) in [6.07, 6.45) is 0. The minimum absolute atomic E-state index is 0.923. The third-order valence-electron chi connectivity index (χ3n) is 2.49. The molecule has 16 heavy (non-hydrogen) atoms. The third kappa shape index (κ3) is 1.62. The molecule has 0 atom stereocenters. The smallest absolute Gasteiger partial charge is 0.120 e. The zero-order valence-corrected chi connectivity index (χ0v) is 10.4. The topological polar surface area (TPSA) is 9.23 Å². The predicted molar refractivity (Wildman–Crippen MR) is 71.7 cm³/mol. The number of hydrogen-bond acceptors (Lipinski definition) is 3. The van der Waals surface area contributed by atoms with Gasteiger partial charge in [-0.1, -0.05) is 6.07 Å². The van der Waals surface area contributed by atoms with Crippen LogP contribution in [0.1, 0.15) is 0 Å². The molecule has 0 aliphatic carbocycles. The van der Waals surface area contributed by atoms with Crippen LogP contribution in [0.5, 0.6) is 5.75 Å². The summed E-state index contributed by atoms with van der Waals surface area (Å²) < 4.78 is 6.51. The first-order chi connectivity index (χ1) is 7.86. The van der Waals surface area contributed by atoms with Gasteiger partial charge in [-0.2, -0.15) is 0 Å². The van der Waals surface area contributed by atoms with Crippen molar-refractivity contribution >= 4 is 32.8 Å². The Morgan fingerprint density at radius 2 is 2.00 bits per heavy atom. The molecule has 1 aromatic carbocycles. The van der Waals surface area contributed by atoms with E-state index >= 15 is 0 Å². The van der Waals surface area contributed by atoms with E-state index in [2.05, 4.69) is 35.7 Å². The van der Waals surface area contributed by atoms with E-state index in [1.807, 2.05) is 17.4 Å². The Kier molecular flexibility index (Phi) is 2.42. The van der Waals surface area contributed by atoms with Crippen molar-refractivity contribution in [3.05, 3.63) is 41.8 Å². The molecule has 3 heteroatoms. The Bertz CT molecular complexity index is 608. The number of ether oxygens (including phenoxy) is 1. The summed E-state index contributed by atoms with van der Waals surface area (Å²) in [7, 11) is 1.70. The molecule has 2 heterocycles. The second kappa shape index (κ2) is 3.92. The zero-order chi connectivity index (χ0) is 11.0. The van der Waals surface area contributed by atoms with Gasteiger partial charge in [-0.3, -0.25) is 0 Å². The third-order valence-corrected chi connectivity index (χ3v) is 4.65. The lowest BCUT2D eigenvalue weighted by Gasteiger charge is -1.97. The van der Waals surface area contributed by atoms with Gasteiger partial charge >= 0.3 is 0 Å². The van der Waals surface area contributed by atoms with E-state index in [4.69, 9.17) is 4.74 Å².